The highest BCUT2D eigenvalue weighted by Gasteiger charge is 2.18. The molecule has 0 saturated carbocycles. The Labute approximate surface area is 206 Å². The number of nitrogens with zero attached hydrogens (tertiary/aromatic N) is 4. The Hall–Kier alpha value is -3.66. The maximum Gasteiger partial charge on any atom is 0.262 e. The number of carbonyl (C=O) groups excluding carboxylic acids is 2. The fourth-order valence-electron chi connectivity index (χ4n) is 3.72. The lowest BCUT2D eigenvalue weighted by atomic mass is 10.2. The predicted molar refractivity (Wildman–Crippen MR) is 138 cm³/mol. The second-order valence-corrected chi connectivity index (χ2v) is 9.31. The van der Waals surface area contributed by atoms with Crippen LogP contribution in [0, 0.1) is 6.92 Å². The third kappa shape index (κ3) is 5.37. The second kappa shape index (κ2) is 10.7. The molecule has 9 nitrogen and oxygen atoms in total. The van der Waals surface area contributed by atoms with E-state index in [0.717, 1.165) is 17.7 Å². The van der Waals surface area contributed by atoms with E-state index in [1.54, 1.807) is 16.5 Å². The molecule has 35 heavy (non-hydrogen) atoms. The van der Waals surface area contributed by atoms with Gasteiger partial charge >= 0.3 is 0 Å². The van der Waals surface area contributed by atoms with E-state index >= 15 is 0 Å². The van der Waals surface area contributed by atoms with Crippen molar-refractivity contribution in [3.05, 3.63) is 64.4 Å². The second-order valence-electron chi connectivity index (χ2n) is 8.37. The molecule has 2 aromatic heterocycles. The lowest BCUT2D eigenvalue weighted by molar-refractivity contribution is -0.122. The van der Waals surface area contributed by atoms with Crippen LogP contribution in [0.4, 0.5) is 5.69 Å². The molecule has 0 fully saturated rings. The smallest absolute Gasteiger partial charge is 0.262 e. The van der Waals surface area contributed by atoms with Crippen LogP contribution >= 0.6 is 11.8 Å². The molecule has 0 aliphatic rings. The zero-order chi connectivity index (χ0) is 24.9. The van der Waals surface area contributed by atoms with E-state index < -0.39 is 0 Å². The van der Waals surface area contributed by atoms with Gasteiger partial charge < -0.3 is 10.6 Å². The van der Waals surface area contributed by atoms with Crippen molar-refractivity contribution in [1.29, 1.82) is 0 Å². The average Bonchev–Trinajstić information content (AvgIpc) is 3.28. The topological polar surface area (TPSA) is 110 Å². The van der Waals surface area contributed by atoms with Gasteiger partial charge in [0.2, 0.25) is 17.6 Å². The molecule has 2 amide bonds. The number of rotatable bonds is 9. The fraction of sp³-hybridized carbons (Fsp3) is 0.320. The highest BCUT2D eigenvalue weighted by molar-refractivity contribution is 7.99. The largest absolute Gasteiger partial charge is 0.354 e. The number of aromatic nitrogens is 4. The van der Waals surface area contributed by atoms with Gasteiger partial charge in [-0.05, 0) is 44.0 Å². The van der Waals surface area contributed by atoms with E-state index in [4.69, 9.17) is 0 Å². The summed E-state index contributed by atoms with van der Waals surface area (Å²) < 4.78 is 3.25. The van der Waals surface area contributed by atoms with Gasteiger partial charge in [0, 0.05) is 24.7 Å². The van der Waals surface area contributed by atoms with Crippen molar-refractivity contribution in [2.24, 2.45) is 0 Å². The van der Waals surface area contributed by atoms with Gasteiger partial charge in [0.25, 0.3) is 5.56 Å². The quantitative estimate of drug-likeness (QED) is 0.347. The monoisotopic (exact) mass is 492 g/mol. The normalized spacial score (nSPS) is 12.1. The van der Waals surface area contributed by atoms with Gasteiger partial charge in [-0.1, -0.05) is 49.0 Å². The molecule has 0 aliphatic heterocycles. The third-order valence-corrected chi connectivity index (χ3v) is 6.74. The van der Waals surface area contributed by atoms with Crippen molar-refractivity contribution in [3.63, 3.8) is 0 Å². The number of aryl methyl sites for hydroxylation is 2. The van der Waals surface area contributed by atoms with Crippen LogP contribution in [-0.4, -0.2) is 42.8 Å². The minimum atomic E-state index is -0.231. The highest BCUT2D eigenvalue weighted by Crippen LogP contribution is 2.22. The number of para-hydroxylation sites is 2. The van der Waals surface area contributed by atoms with E-state index in [1.807, 2.05) is 57.2 Å². The first kappa shape index (κ1) is 24.5. The number of amides is 2. The first-order valence-corrected chi connectivity index (χ1v) is 12.5. The molecule has 0 aliphatic carbocycles. The van der Waals surface area contributed by atoms with Crippen molar-refractivity contribution in [2.75, 3.05) is 11.1 Å². The van der Waals surface area contributed by atoms with Gasteiger partial charge in [-0.25, -0.2) is 0 Å². The minimum Gasteiger partial charge on any atom is -0.354 e. The maximum atomic E-state index is 13.2. The minimum absolute atomic E-state index is 0.0674. The number of fused-ring (bicyclic) bond motifs is 3. The maximum absolute atomic E-state index is 13.2. The Morgan fingerprint density at radius 2 is 1.80 bits per heavy atom. The number of hydrogen-bond acceptors (Lipinski definition) is 6. The fourth-order valence-corrected chi connectivity index (χ4v) is 4.46. The first-order valence-electron chi connectivity index (χ1n) is 11.5. The van der Waals surface area contributed by atoms with Gasteiger partial charge in [-0.15, -0.1) is 10.2 Å². The summed E-state index contributed by atoms with van der Waals surface area (Å²) in [5.41, 5.74) is 2.16. The Bertz CT molecular complexity index is 1440. The number of hydrogen-bond donors (Lipinski definition) is 2. The number of carbonyl (C=O) groups is 2. The number of benzene rings is 2. The Balaban J connectivity index is 1.61. The molecule has 10 heteroatoms. The summed E-state index contributed by atoms with van der Waals surface area (Å²) in [6.45, 7) is 6.05. The molecule has 0 bridgehead atoms. The molecule has 0 radical (unpaired) electrons. The van der Waals surface area contributed by atoms with Crippen molar-refractivity contribution < 1.29 is 9.59 Å². The average molecular weight is 493 g/mol. The Morgan fingerprint density at radius 1 is 1.06 bits per heavy atom. The number of anilines is 1. The molecule has 4 rings (SSSR count). The van der Waals surface area contributed by atoms with Crippen LogP contribution in [0.5, 0.6) is 0 Å². The van der Waals surface area contributed by atoms with Crippen LogP contribution in [0.25, 0.3) is 16.7 Å². The van der Waals surface area contributed by atoms with Gasteiger partial charge in [-0.2, -0.15) is 0 Å². The van der Waals surface area contributed by atoms with E-state index in [1.165, 1.54) is 16.3 Å². The molecular weight excluding hydrogens is 464 g/mol. The van der Waals surface area contributed by atoms with Crippen LogP contribution in [0.3, 0.4) is 0 Å². The Morgan fingerprint density at radius 3 is 2.57 bits per heavy atom. The lowest BCUT2D eigenvalue weighted by Gasteiger charge is -2.13. The van der Waals surface area contributed by atoms with Gasteiger partial charge in [0.1, 0.15) is 0 Å². The third-order valence-electron chi connectivity index (χ3n) is 5.81. The number of nitrogens with one attached hydrogen (secondary N) is 2. The zero-order valence-corrected chi connectivity index (χ0v) is 20.8. The van der Waals surface area contributed by atoms with Gasteiger partial charge in [-0.3, -0.25) is 23.4 Å². The molecule has 0 saturated heterocycles. The summed E-state index contributed by atoms with van der Waals surface area (Å²) in [6.07, 6.45) is 0.973. The molecule has 2 aromatic carbocycles. The first-order chi connectivity index (χ1) is 16.9. The standard InChI is InChI=1S/C25H28N6O3S/c1-4-17(3)26-21(32)13-14-30-23(34)18-10-6-8-12-20(18)31-24(30)28-29-25(31)35-15-22(33)27-19-11-7-5-9-16(19)2/h5-12,17H,4,13-15H2,1-3H3,(H,26,32)(H,27,33). The molecule has 2 heterocycles. The SMILES string of the molecule is CCC(C)NC(=O)CCn1c(=O)c2ccccc2n2c(SCC(=O)Nc3ccccc3C)nnc12. The summed E-state index contributed by atoms with van der Waals surface area (Å²) in [5, 5.41) is 15.3. The molecule has 182 valence electrons. The summed E-state index contributed by atoms with van der Waals surface area (Å²) in [6, 6.07) is 14.8. The van der Waals surface area contributed by atoms with E-state index in [2.05, 4.69) is 20.8 Å². The summed E-state index contributed by atoms with van der Waals surface area (Å²) in [7, 11) is 0. The van der Waals surface area contributed by atoms with Crippen LogP contribution < -0.4 is 16.2 Å². The molecule has 2 N–H and O–H groups in total. The molecule has 0 spiro atoms. The van der Waals surface area contributed by atoms with Crippen molar-refractivity contribution in [1.82, 2.24) is 24.5 Å². The van der Waals surface area contributed by atoms with Crippen molar-refractivity contribution >= 4 is 45.9 Å². The molecule has 1 unspecified atom stereocenters. The van der Waals surface area contributed by atoms with E-state index in [0.29, 0.717) is 21.8 Å². The van der Waals surface area contributed by atoms with Crippen molar-refractivity contribution in [3.8, 4) is 0 Å². The van der Waals surface area contributed by atoms with Gasteiger partial charge in [0.15, 0.2) is 5.16 Å². The highest BCUT2D eigenvalue weighted by atomic mass is 32.2. The van der Waals surface area contributed by atoms with Gasteiger partial charge in [0.05, 0.1) is 16.7 Å². The van der Waals surface area contributed by atoms with Crippen molar-refractivity contribution in [2.45, 2.75) is 51.4 Å². The van der Waals surface area contributed by atoms with Crippen LogP contribution in [0.1, 0.15) is 32.3 Å². The predicted octanol–water partition coefficient (Wildman–Crippen LogP) is 3.39. The summed E-state index contributed by atoms with van der Waals surface area (Å²) in [5.74, 6) is 0.173. The van der Waals surface area contributed by atoms with Crippen LogP contribution in [0.15, 0.2) is 58.5 Å². The summed E-state index contributed by atoms with van der Waals surface area (Å²) in [4.78, 5) is 38.1. The number of thioether (sulfide) groups is 1. The van der Waals surface area contributed by atoms with Crippen LogP contribution in [-0.2, 0) is 16.1 Å². The molecular formula is C25H28N6O3S. The lowest BCUT2D eigenvalue weighted by Crippen LogP contribution is -2.33. The Kier molecular flexibility index (Phi) is 7.50. The van der Waals surface area contributed by atoms with Crippen LogP contribution in [0.2, 0.25) is 0 Å². The van der Waals surface area contributed by atoms with E-state index in [-0.39, 0.29) is 42.1 Å². The molecule has 4 aromatic rings. The molecule has 1 atom stereocenters. The summed E-state index contributed by atoms with van der Waals surface area (Å²) >= 11 is 1.24. The van der Waals surface area contributed by atoms with E-state index in [9.17, 15) is 14.4 Å². The zero-order valence-electron chi connectivity index (χ0n) is 19.9.